The molecule has 1 saturated heterocycles. The number of aryl methyl sites for hydroxylation is 2. The average molecular weight is 263 g/mol. The van der Waals surface area contributed by atoms with Gasteiger partial charge in [0.2, 0.25) is 5.91 Å². The van der Waals surface area contributed by atoms with Gasteiger partial charge in [0.1, 0.15) is 5.82 Å². The summed E-state index contributed by atoms with van der Waals surface area (Å²) in [6.45, 7) is 7.89. The van der Waals surface area contributed by atoms with Crippen LogP contribution < -0.4 is 16.4 Å². The van der Waals surface area contributed by atoms with Crippen molar-refractivity contribution in [3.05, 3.63) is 17.3 Å². The van der Waals surface area contributed by atoms with Crippen LogP contribution in [0, 0.1) is 13.8 Å². The lowest BCUT2D eigenvalue weighted by molar-refractivity contribution is -0.117. The van der Waals surface area contributed by atoms with Gasteiger partial charge in [-0.25, -0.2) is 4.98 Å². The number of rotatable bonds is 3. The summed E-state index contributed by atoms with van der Waals surface area (Å²) < 4.78 is 0. The van der Waals surface area contributed by atoms with Gasteiger partial charge in [0.05, 0.1) is 17.9 Å². The molecule has 2 rings (SSSR count). The number of nitrogen functional groups attached to an aromatic ring is 1. The topological polar surface area (TPSA) is 83.3 Å². The molecule has 0 aliphatic carbocycles. The third kappa shape index (κ3) is 3.65. The van der Waals surface area contributed by atoms with Gasteiger partial charge in [0.15, 0.2) is 0 Å². The van der Waals surface area contributed by atoms with Crippen LogP contribution >= 0.6 is 0 Å². The molecule has 4 N–H and O–H groups in total. The Labute approximate surface area is 113 Å². The Morgan fingerprint density at radius 2 is 2.16 bits per heavy atom. The second-order valence-electron chi connectivity index (χ2n) is 4.90. The van der Waals surface area contributed by atoms with E-state index in [1.165, 1.54) is 0 Å². The maximum atomic E-state index is 12.0. The molecule has 0 radical (unpaired) electrons. The summed E-state index contributed by atoms with van der Waals surface area (Å²) in [6.07, 6.45) is 0. The predicted molar refractivity (Wildman–Crippen MR) is 76.1 cm³/mol. The van der Waals surface area contributed by atoms with Gasteiger partial charge in [0.25, 0.3) is 0 Å². The number of pyridine rings is 1. The number of hydrogen-bond donors (Lipinski definition) is 3. The van der Waals surface area contributed by atoms with E-state index in [1.807, 2.05) is 13.8 Å². The van der Waals surface area contributed by atoms with Crippen LogP contribution in [0.2, 0.25) is 0 Å². The lowest BCUT2D eigenvalue weighted by atomic mass is 10.2. The highest BCUT2D eigenvalue weighted by Gasteiger charge is 2.15. The van der Waals surface area contributed by atoms with Gasteiger partial charge in [-0.05, 0) is 25.5 Å². The number of nitrogens with zero attached hydrogens (tertiary/aromatic N) is 2. The van der Waals surface area contributed by atoms with Gasteiger partial charge in [-0.1, -0.05) is 0 Å². The molecule has 0 unspecified atom stereocenters. The van der Waals surface area contributed by atoms with E-state index < -0.39 is 0 Å². The van der Waals surface area contributed by atoms with Crippen LogP contribution in [-0.4, -0.2) is 48.5 Å². The van der Waals surface area contributed by atoms with E-state index in [2.05, 4.69) is 20.5 Å². The summed E-state index contributed by atoms with van der Waals surface area (Å²) >= 11 is 0. The maximum Gasteiger partial charge on any atom is 0.238 e. The molecule has 1 aromatic heterocycles. The predicted octanol–water partition coefficient (Wildman–Crippen LogP) is 0.124. The van der Waals surface area contributed by atoms with E-state index in [9.17, 15) is 4.79 Å². The van der Waals surface area contributed by atoms with Crippen molar-refractivity contribution in [3.8, 4) is 0 Å². The van der Waals surface area contributed by atoms with Crippen molar-refractivity contribution in [1.29, 1.82) is 0 Å². The summed E-state index contributed by atoms with van der Waals surface area (Å²) in [4.78, 5) is 18.4. The number of amides is 1. The molecular formula is C13H21N5O. The molecule has 2 heterocycles. The molecule has 0 aromatic carbocycles. The zero-order chi connectivity index (χ0) is 13.8. The minimum Gasteiger partial charge on any atom is -0.384 e. The summed E-state index contributed by atoms with van der Waals surface area (Å²) in [7, 11) is 0. The molecule has 6 heteroatoms. The third-order valence-corrected chi connectivity index (χ3v) is 3.26. The van der Waals surface area contributed by atoms with E-state index in [4.69, 9.17) is 5.73 Å². The van der Waals surface area contributed by atoms with Crippen LogP contribution in [-0.2, 0) is 4.79 Å². The van der Waals surface area contributed by atoms with Gasteiger partial charge in [-0.3, -0.25) is 9.69 Å². The Kier molecular flexibility index (Phi) is 4.34. The van der Waals surface area contributed by atoms with E-state index in [-0.39, 0.29) is 5.91 Å². The highest BCUT2D eigenvalue weighted by Crippen LogP contribution is 2.20. The third-order valence-electron chi connectivity index (χ3n) is 3.26. The molecule has 1 amide bonds. The van der Waals surface area contributed by atoms with E-state index in [0.29, 0.717) is 12.4 Å². The number of nitrogens with two attached hydrogens (primary N) is 1. The van der Waals surface area contributed by atoms with Crippen LogP contribution in [0.25, 0.3) is 0 Å². The Morgan fingerprint density at radius 1 is 1.47 bits per heavy atom. The zero-order valence-corrected chi connectivity index (χ0v) is 11.5. The number of carbonyl (C=O) groups is 1. The Hall–Kier alpha value is -1.66. The van der Waals surface area contributed by atoms with Crippen LogP contribution in [0.3, 0.4) is 0 Å². The second-order valence-corrected chi connectivity index (χ2v) is 4.90. The quantitative estimate of drug-likeness (QED) is 0.721. The fraction of sp³-hybridized carbons (Fsp3) is 0.538. The Morgan fingerprint density at radius 3 is 2.79 bits per heavy atom. The van der Waals surface area contributed by atoms with Crippen molar-refractivity contribution in [2.75, 3.05) is 43.8 Å². The average Bonchev–Trinajstić information content (AvgIpc) is 2.35. The van der Waals surface area contributed by atoms with Gasteiger partial charge in [-0.2, -0.15) is 0 Å². The van der Waals surface area contributed by atoms with E-state index in [0.717, 1.165) is 43.1 Å². The molecule has 19 heavy (non-hydrogen) atoms. The van der Waals surface area contributed by atoms with Crippen molar-refractivity contribution in [2.24, 2.45) is 0 Å². The summed E-state index contributed by atoms with van der Waals surface area (Å²) in [5.41, 5.74) is 8.14. The highest BCUT2D eigenvalue weighted by atomic mass is 16.2. The fourth-order valence-electron chi connectivity index (χ4n) is 2.30. The highest BCUT2D eigenvalue weighted by molar-refractivity contribution is 5.93. The van der Waals surface area contributed by atoms with Gasteiger partial charge in [-0.15, -0.1) is 0 Å². The summed E-state index contributed by atoms with van der Waals surface area (Å²) in [6, 6.07) is 1.77. The van der Waals surface area contributed by atoms with Crippen molar-refractivity contribution in [2.45, 2.75) is 13.8 Å². The van der Waals surface area contributed by atoms with Crippen LogP contribution in [0.5, 0.6) is 0 Å². The number of carbonyl (C=O) groups excluding carboxylic acids is 1. The van der Waals surface area contributed by atoms with Gasteiger partial charge in [0, 0.05) is 26.2 Å². The molecular weight excluding hydrogens is 242 g/mol. The maximum absolute atomic E-state index is 12.0. The number of aromatic nitrogens is 1. The summed E-state index contributed by atoms with van der Waals surface area (Å²) in [5, 5.41) is 6.20. The number of anilines is 2. The molecule has 1 fully saturated rings. The van der Waals surface area contributed by atoms with E-state index >= 15 is 0 Å². The summed E-state index contributed by atoms with van der Waals surface area (Å²) in [5.74, 6) is 0.481. The van der Waals surface area contributed by atoms with Crippen molar-refractivity contribution >= 4 is 17.4 Å². The van der Waals surface area contributed by atoms with E-state index in [1.54, 1.807) is 6.07 Å². The molecule has 1 aromatic rings. The number of nitrogens with one attached hydrogen (secondary N) is 2. The first-order valence-electron chi connectivity index (χ1n) is 6.53. The minimum absolute atomic E-state index is 0.000304. The second kappa shape index (κ2) is 5.99. The van der Waals surface area contributed by atoms with Crippen LogP contribution in [0.15, 0.2) is 6.07 Å². The lowest BCUT2D eigenvalue weighted by Crippen LogP contribution is -2.46. The Bertz CT molecular complexity index is 445. The monoisotopic (exact) mass is 263 g/mol. The standard InChI is InChI=1S/C13H21N5O/c1-9-7-11(14)16-10(2)13(9)17-12(19)8-18-5-3-15-4-6-18/h7,15H,3-6,8H2,1-2H3,(H2,14,16)(H,17,19). The van der Waals surface area contributed by atoms with Crippen molar-refractivity contribution < 1.29 is 4.79 Å². The molecule has 1 aliphatic heterocycles. The van der Waals surface area contributed by atoms with Crippen LogP contribution in [0.1, 0.15) is 11.3 Å². The molecule has 0 saturated carbocycles. The smallest absolute Gasteiger partial charge is 0.238 e. The van der Waals surface area contributed by atoms with Crippen molar-refractivity contribution in [1.82, 2.24) is 15.2 Å². The molecule has 104 valence electrons. The largest absolute Gasteiger partial charge is 0.384 e. The number of hydrogen-bond acceptors (Lipinski definition) is 5. The fourth-order valence-corrected chi connectivity index (χ4v) is 2.30. The molecule has 0 bridgehead atoms. The first kappa shape index (κ1) is 13.8. The van der Waals surface area contributed by atoms with Crippen molar-refractivity contribution in [3.63, 3.8) is 0 Å². The first-order valence-corrected chi connectivity index (χ1v) is 6.53. The molecule has 1 aliphatic rings. The first-order chi connectivity index (χ1) is 9.06. The van der Waals surface area contributed by atoms with Gasteiger partial charge < -0.3 is 16.4 Å². The molecule has 6 nitrogen and oxygen atoms in total. The number of piperazine rings is 1. The molecule has 0 atom stereocenters. The lowest BCUT2D eigenvalue weighted by Gasteiger charge is -2.26. The SMILES string of the molecule is Cc1cc(N)nc(C)c1NC(=O)CN1CCNCC1. The normalized spacial score (nSPS) is 16.3. The van der Waals surface area contributed by atoms with Crippen LogP contribution in [0.4, 0.5) is 11.5 Å². The Balaban J connectivity index is 1.98. The molecule has 0 spiro atoms. The van der Waals surface area contributed by atoms with Gasteiger partial charge >= 0.3 is 0 Å². The zero-order valence-electron chi connectivity index (χ0n) is 11.5. The minimum atomic E-state index is -0.000304.